The first-order chi connectivity index (χ1) is 12.9. The number of allylic oxidation sites excluding steroid dienone is 4. The number of carbonyl (C=O) groups is 1. The number of rotatable bonds is 1. The van der Waals surface area contributed by atoms with Crippen LogP contribution in [0.5, 0.6) is 0 Å². The highest BCUT2D eigenvalue weighted by molar-refractivity contribution is 5.91. The first kappa shape index (κ1) is 17.4. The van der Waals surface area contributed by atoms with Crippen molar-refractivity contribution in [2.75, 3.05) is 0 Å². The molecule has 0 bridgehead atoms. The molecule has 1 heterocycles. The first-order valence-electron chi connectivity index (χ1n) is 10.8. The number of hydrogen-bond acceptors (Lipinski definition) is 2. The predicted molar refractivity (Wildman–Crippen MR) is 109 cm³/mol. The van der Waals surface area contributed by atoms with Crippen LogP contribution in [0.1, 0.15) is 69.9 Å². The van der Waals surface area contributed by atoms with Gasteiger partial charge in [0.05, 0.1) is 0 Å². The minimum Gasteiger partial charge on any atom is -0.295 e. The highest BCUT2D eigenvalue weighted by Gasteiger charge is 2.57. The quantitative estimate of drug-likeness (QED) is 0.622. The summed E-state index contributed by atoms with van der Waals surface area (Å²) in [5, 5.41) is 0. The first-order valence-corrected chi connectivity index (χ1v) is 10.8. The van der Waals surface area contributed by atoms with Gasteiger partial charge in [-0.05, 0) is 103 Å². The second kappa shape index (κ2) is 5.90. The molecule has 0 N–H and O–H groups in total. The number of nitrogens with zero attached hydrogens (tertiary/aromatic N) is 1. The fourth-order valence-corrected chi connectivity index (χ4v) is 7.28. The number of hydrogen-bond donors (Lipinski definition) is 0. The topological polar surface area (TPSA) is 30.0 Å². The van der Waals surface area contributed by atoms with E-state index in [1.807, 2.05) is 12.3 Å². The molecule has 4 aliphatic carbocycles. The number of fused-ring (bicyclic) bond motifs is 5. The zero-order valence-electron chi connectivity index (χ0n) is 16.9. The molecule has 0 unspecified atom stereocenters. The molecule has 5 rings (SSSR count). The molecule has 2 heteroatoms. The van der Waals surface area contributed by atoms with Crippen molar-refractivity contribution in [3.8, 4) is 0 Å². The van der Waals surface area contributed by atoms with Gasteiger partial charge in [0.15, 0.2) is 5.78 Å². The highest BCUT2D eigenvalue weighted by Crippen LogP contribution is 2.66. The van der Waals surface area contributed by atoms with E-state index in [9.17, 15) is 4.79 Å². The van der Waals surface area contributed by atoms with Gasteiger partial charge in [0.2, 0.25) is 0 Å². The van der Waals surface area contributed by atoms with Crippen LogP contribution in [0.3, 0.4) is 0 Å². The van der Waals surface area contributed by atoms with Gasteiger partial charge in [-0.15, -0.1) is 0 Å². The Hall–Kier alpha value is -1.70. The van der Waals surface area contributed by atoms with E-state index in [4.69, 9.17) is 0 Å². The number of pyridine rings is 1. The van der Waals surface area contributed by atoms with Gasteiger partial charge >= 0.3 is 0 Å². The van der Waals surface area contributed by atoms with Crippen molar-refractivity contribution in [3.63, 3.8) is 0 Å². The van der Waals surface area contributed by atoms with Crippen LogP contribution in [0.2, 0.25) is 0 Å². The van der Waals surface area contributed by atoms with Crippen LogP contribution in [-0.2, 0) is 4.79 Å². The summed E-state index contributed by atoms with van der Waals surface area (Å²) in [6.07, 6.45) is 16.6. The van der Waals surface area contributed by atoms with Crippen molar-refractivity contribution >= 4 is 11.4 Å². The fraction of sp³-hybridized carbons (Fsp3) is 0.600. The molecule has 0 aromatic carbocycles. The largest absolute Gasteiger partial charge is 0.295 e. The molecule has 0 amide bonds. The Labute approximate surface area is 163 Å². The van der Waals surface area contributed by atoms with Crippen LogP contribution in [-0.4, -0.2) is 10.8 Å². The summed E-state index contributed by atoms with van der Waals surface area (Å²) in [5.74, 6) is 2.67. The van der Waals surface area contributed by atoms with Crippen LogP contribution in [0.15, 0.2) is 36.2 Å². The Morgan fingerprint density at radius 3 is 2.70 bits per heavy atom. The maximum atomic E-state index is 12.0. The Kier molecular flexibility index (Phi) is 3.80. The Morgan fingerprint density at radius 2 is 1.89 bits per heavy atom. The predicted octanol–water partition coefficient (Wildman–Crippen LogP) is 5.92. The molecule has 0 saturated heterocycles. The lowest BCUT2D eigenvalue weighted by molar-refractivity contribution is -0.117. The molecule has 1 aromatic heterocycles. The van der Waals surface area contributed by atoms with E-state index < -0.39 is 0 Å². The normalized spacial score (nSPS) is 40.6. The Bertz CT molecular complexity index is 865. The summed E-state index contributed by atoms with van der Waals surface area (Å²) in [4.78, 5) is 16.5. The second-order valence-corrected chi connectivity index (χ2v) is 10.0. The zero-order chi connectivity index (χ0) is 18.8. The lowest BCUT2D eigenvalue weighted by atomic mass is 9.46. The van der Waals surface area contributed by atoms with E-state index in [2.05, 4.69) is 44.1 Å². The molecule has 0 spiro atoms. The van der Waals surface area contributed by atoms with Gasteiger partial charge in [-0.25, -0.2) is 0 Å². The van der Waals surface area contributed by atoms with Gasteiger partial charge in [0.25, 0.3) is 0 Å². The number of carbonyl (C=O) groups excluding carboxylic acids is 1. The average molecular weight is 362 g/mol. The number of aryl methyl sites for hydroxylation is 1. The molecule has 1 aromatic rings. The van der Waals surface area contributed by atoms with E-state index in [0.717, 1.165) is 37.0 Å². The minimum absolute atomic E-state index is 0.270. The van der Waals surface area contributed by atoms with Crippen LogP contribution in [0.4, 0.5) is 0 Å². The molecule has 142 valence electrons. The molecular weight excluding hydrogens is 330 g/mol. The van der Waals surface area contributed by atoms with Gasteiger partial charge in [0, 0.05) is 18.8 Å². The molecule has 2 fully saturated rings. The second-order valence-electron chi connectivity index (χ2n) is 10.0. The number of aromatic nitrogens is 1. The molecular formula is C25H31NO. The Balaban J connectivity index is 1.48. The molecule has 2 nitrogen and oxygen atoms in total. The minimum atomic E-state index is 0.270. The van der Waals surface area contributed by atoms with Crippen LogP contribution < -0.4 is 0 Å². The molecule has 4 aliphatic rings. The summed E-state index contributed by atoms with van der Waals surface area (Å²) in [6.45, 7) is 7.13. The molecule has 0 aliphatic heterocycles. The van der Waals surface area contributed by atoms with Crippen molar-refractivity contribution < 1.29 is 4.79 Å². The van der Waals surface area contributed by atoms with E-state index in [0.29, 0.717) is 11.2 Å². The zero-order valence-corrected chi connectivity index (χ0v) is 16.9. The number of ketones is 1. The average Bonchev–Trinajstić information content (AvgIpc) is 2.99. The van der Waals surface area contributed by atoms with Gasteiger partial charge in [-0.1, -0.05) is 25.5 Å². The summed E-state index contributed by atoms with van der Waals surface area (Å²) < 4.78 is 0. The van der Waals surface area contributed by atoms with Gasteiger partial charge < -0.3 is 0 Å². The van der Waals surface area contributed by atoms with Gasteiger partial charge in [-0.2, -0.15) is 0 Å². The maximum absolute atomic E-state index is 12.0. The molecule has 2 saturated carbocycles. The SMILES string of the molecule is Cc1cncc(C2=CC[C@H]3[C@@H]4CCC5=CC(=O)CC[C@]5(C)[C@H]4CC[C@]23C)c1. The molecule has 0 radical (unpaired) electrons. The molecule has 5 atom stereocenters. The maximum Gasteiger partial charge on any atom is 0.155 e. The lowest BCUT2D eigenvalue weighted by Crippen LogP contribution is -2.49. The highest BCUT2D eigenvalue weighted by atomic mass is 16.1. The van der Waals surface area contributed by atoms with Crippen molar-refractivity contribution in [2.24, 2.45) is 28.6 Å². The summed E-state index contributed by atoms with van der Waals surface area (Å²) in [5.41, 5.74) is 6.17. The van der Waals surface area contributed by atoms with Crippen molar-refractivity contribution in [1.29, 1.82) is 0 Å². The fourth-order valence-electron chi connectivity index (χ4n) is 7.28. The van der Waals surface area contributed by atoms with E-state index >= 15 is 0 Å². The van der Waals surface area contributed by atoms with Crippen molar-refractivity contribution in [1.82, 2.24) is 4.98 Å². The van der Waals surface area contributed by atoms with Crippen molar-refractivity contribution in [3.05, 3.63) is 47.3 Å². The van der Waals surface area contributed by atoms with Gasteiger partial charge in [0.1, 0.15) is 0 Å². The summed E-state index contributed by atoms with van der Waals surface area (Å²) >= 11 is 0. The van der Waals surface area contributed by atoms with E-state index in [1.165, 1.54) is 42.4 Å². The smallest absolute Gasteiger partial charge is 0.155 e. The standard InChI is InChI=1S/C25H31NO/c1-16-12-17(15-26-14-16)21-6-7-22-20-5-4-18-13-19(27)8-10-24(18,2)23(20)9-11-25(21,22)3/h6,12-15,20,22-23H,4-5,7-11H2,1-3H3/t20-,22-,23-,24-,25+/m0/s1. The van der Waals surface area contributed by atoms with Crippen molar-refractivity contribution in [2.45, 2.75) is 65.7 Å². The van der Waals surface area contributed by atoms with Crippen LogP contribution in [0.25, 0.3) is 5.57 Å². The third-order valence-electron chi connectivity index (χ3n) is 8.73. The van der Waals surface area contributed by atoms with Crippen LogP contribution in [0, 0.1) is 35.5 Å². The summed E-state index contributed by atoms with van der Waals surface area (Å²) in [7, 11) is 0. The third-order valence-corrected chi connectivity index (χ3v) is 8.73. The van der Waals surface area contributed by atoms with Crippen LogP contribution >= 0.6 is 0 Å². The lowest BCUT2D eigenvalue weighted by Gasteiger charge is -2.57. The third kappa shape index (κ3) is 2.45. The monoisotopic (exact) mass is 361 g/mol. The molecule has 27 heavy (non-hydrogen) atoms. The van der Waals surface area contributed by atoms with E-state index in [1.54, 1.807) is 5.57 Å². The summed E-state index contributed by atoms with van der Waals surface area (Å²) in [6, 6.07) is 2.31. The van der Waals surface area contributed by atoms with Gasteiger partial charge in [-0.3, -0.25) is 9.78 Å². The Morgan fingerprint density at radius 1 is 1.04 bits per heavy atom. The van der Waals surface area contributed by atoms with E-state index in [-0.39, 0.29) is 5.41 Å².